The maximum Gasteiger partial charge on any atom is 0.256 e. The van der Waals surface area contributed by atoms with Crippen molar-refractivity contribution in [3.8, 4) is 17.0 Å². The molecule has 5 nitrogen and oxygen atoms in total. The van der Waals surface area contributed by atoms with E-state index in [1.54, 1.807) is 7.11 Å². The molecular formula is C27H27N3O2. The highest BCUT2D eigenvalue weighted by atomic mass is 16.5. The Morgan fingerprint density at radius 1 is 0.938 bits per heavy atom. The molecule has 32 heavy (non-hydrogen) atoms. The largest absolute Gasteiger partial charge is 0.497 e. The number of fused-ring (bicyclic) bond motifs is 1. The van der Waals surface area contributed by atoms with Gasteiger partial charge in [-0.3, -0.25) is 4.79 Å². The first kappa shape index (κ1) is 21.4. The summed E-state index contributed by atoms with van der Waals surface area (Å²) in [5, 5.41) is 3.86. The van der Waals surface area contributed by atoms with Crippen molar-refractivity contribution in [1.82, 2.24) is 4.98 Å². The van der Waals surface area contributed by atoms with Crippen LogP contribution in [-0.4, -0.2) is 31.1 Å². The molecule has 0 aliphatic carbocycles. The Bertz CT molecular complexity index is 1230. The molecule has 0 saturated heterocycles. The van der Waals surface area contributed by atoms with E-state index in [1.807, 2.05) is 78.9 Å². The van der Waals surface area contributed by atoms with E-state index in [9.17, 15) is 4.79 Å². The maximum atomic E-state index is 13.3. The minimum Gasteiger partial charge on any atom is -0.497 e. The Hall–Kier alpha value is -3.86. The normalized spacial score (nSPS) is 10.7. The summed E-state index contributed by atoms with van der Waals surface area (Å²) in [5.41, 5.74) is 4.88. The topological polar surface area (TPSA) is 54.5 Å². The zero-order valence-corrected chi connectivity index (χ0v) is 18.6. The summed E-state index contributed by atoms with van der Waals surface area (Å²) >= 11 is 0. The summed E-state index contributed by atoms with van der Waals surface area (Å²) < 4.78 is 5.35. The summed E-state index contributed by atoms with van der Waals surface area (Å²) in [6.07, 6.45) is 0. The first-order valence-electron chi connectivity index (χ1n) is 10.8. The molecule has 162 valence electrons. The molecule has 0 unspecified atom stereocenters. The Kier molecular flexibility index (Phi) is 6.36. The van der Waals surface area contributed by atoms with E-state index in [0.717, 1.165) is 52.4 Å². The Balaban J connectivity index is 1.69. The lowest BCUT2D eigenvalue weighted by Crippen LogP contribution is -2.21. The second-order valence-electron chi connectivity index (χ2n) is 7.48. The first-order chi connectivity index (χ1) is 15.6. The third-order valence-corrected chi connectivity index (χ3v) is 5.58. The van der Waals surface area contributed by atoms with Crippen molar-refractivity contribution in [2.45, 2.75) is 13.8 Å². The molecule has 0 radical (unpaired) electrons. The van der Waals surface area contributed by atoms with Gasteiger partial charge in [0.05, 0.1) is 23.9 Å². The smallest absolute Gasteiger partial charge is 0.256 e. The van der Waals surface area contributed by atoms with E-state index < -0.39 is 0 Å². The Morgan fingerprint density at radius 2 is 1.69 bits per heavy atom. The minimum absolute atomic E-state index is 0.164. The van der Waals surface area contributed by atoms with Gasteiger partial charge in [-0.05, 0) is 62.4 Å². The Morgan fingerprint density at radius 3 is 2.41 bits per heavy atom. The van der Waals surface area contributed by atoms with Crippen molar-refractivity contribution >= 4 is 28.2 Å². The third kappa shape index (κ3) is 4.42. The highest BCUT2D eigenvalue weighted by molar-refractivity contribution is 6.13. The highest BCUT2D eigenvalue weighted by Gasteiger charge is 2.15. The van der Waals surface area contributed by atoms with Crippen molar-refractivity contribution in [3.05, 3.63) is 84.4 Å². The van der Waals surface area contributed by atoms with Crippen LogP contribution in [0.4, 0.5) is 11.4 Å². The number of aromatic nitrogens is 1. The van der Waals surface area contributed by atoms with Crippen LogP contribution in [0.3, 0.4) is 0 Å². The lowest BCUT2D eigenvalue weighted by Gasteiger charge is -2.21. The van der Waals surface area contributed by atoms with E-state index in [-0.39, 0.29) is 5.91 Å². The fourth-order valence-corrected chi connectivity index (χ4v) is 3.84. The first-order valence-corrected chi connectivity index (χ1v) is 10.8. The number of rotatable bonds is 7. The van der Waals surface area contributed by atoms with Gasteiger partial charge in [-0.25, -0.2) is 4.98 Å². The summed E-state index contributed by atoms with van der Waals surface area (Å²) in [4.78, 5) is 20.3. The Labute approximate surface area is 188 Å². The molecule has 1 heterocycles. The number of para-hydroxylation sites is 1. The number of hydrogen-bond donors (Lipinski definition) is 1. The zero-order chi connectivity index (χ0) is 22.5. The second kappa shape index (κ2) is 9.52. The molecule has 1 aromatic heterocycles. The molecule has 0 saturated carbocycles. The van der Waals surface area contributed by atoms with Gasteiger partial charge in [0.2, 0.25) is 0 Å². The van der Waals surface area contributed by atoms with Crippen molar-refractivity contribution in [2.75, 3.05) is 30.4 Å². The maximum absolute atomic E-state index is 13.3. The van der Waals surface area contributed by atoms with Gasteiger partial charge >= 0.3 is 0 Å². The van der Waals surface area contributed by atoms with Gasteiger partial charge in [0.15, 0.2) is 0 Å². The molecule has 0 aliphatic heterocycles. The molecule has 0 fully saturated rings. The van der Waals surface area contributed by atoms with E-state index in [4.69, 9.17) is 9.72 Å². The number of anilines is 2. The number of amides is 1. The van der Waals surface area contributed by atoms with Gasteiger partial charge in [-0.15, -0.1) is 0 Å². The minimum atomic E-state index is -0.164. The summed E-state index contributed by atoms with van der Waals surface area (Å²) in [7, 11) is 1.64. The van der Waals surface area contributed by atoms with Crippen LogP contribution in [0.25, 0.3) is 22.2 Å². The zero-order valence-electron chi connectivity index (χ0n) is 18.6. The van der Waals surface area contributed by atoms with Crippen LogP contribution >= 0.6 is 0 Å². The van der Waals surface area contributed by atoms with Crippen molar-refractivity contribution < 1.29 is 9.53 Å². The van der Waals surface area contributed by atoms with Crippen molar-refractivity contribution in [2.24, 2.45) is 0 Å². The molecule has 0 atom stereocenters. The van der Waals surface area contributed by atoms with Gasteiger partial charge in [0.25, 0.3) is 5.91 Å². The summed E-state index contributed by atoms with van der Waals surface area (Å²) in [6, 6.07) is 25.2. The number of nitrogens with zero attached hydrogens (tertiary/aromatic N) is 2. The molecule has 4 rings (SSSR count). The fraction of sp³-hybridized carbons (Fsp3) is 0.185. The molecule has 0 aliphatic rings. The fourth-order valence-electron chi connectivity index (χ4n) is 3.84. The van der Waals surface area contributed by atoms with Crippen LogP contribution < -0.4 is 15.0 Å². The lowest BCUT2D eigenvalue weighted by molar-refractivity contribution is 0.102. The standard InChI is InChI=1S/C27H27N3O2/c1-4-30(5-2)21-15-13-20(14-16-21)28-27(31)24-18-26(19-9-8-10-22(17-19)32-3)29-25-12-7-6-11-23(24)25/h6-18H,4-5H2,1-3H3,(H,28,31). The average Bonchev–Trinajstić information content (AvgIpc) is 2.85. The number of benzene rings is 3. The quantitative estimate of drug-likeness (QED) is 0.394. The predicted octanol–water partition coefficient (Wildman–Crippen LogP) is 6.01. The SMILES string of the molecule is CCN(CC)c1ccc(NC(=O)c2cc(-c3cccc(OC)c3)nc3ccccc23)cc1. The number of pyridine rings is 1. The van der Waals surface area contributed by atoms with Crippen LogP contribution in [0, 0.1) is 0 Å². The second-order valence-corrected chi connectivity index (χ2v) is 7.48. The van der Waals surface area contributed by atoms with E-state index in [0.29, 0.717) is 5.56 Å². The van der Waals surface area contributed by atoms with Gasteiger partial charge in [0, 0.05) is 35.4 Å². The van der Waals surface area contributed by atoms with Gasteiger partial charge in [-0.1, -0.05) is 30.3 Å². The number of ether oxygens (including phenoxy) is 1. The van der Waals surface area contributed by atoms with Crippen LogP contribution in [0.2, 0.25) is 0 Å². The van der Waals surface area contributed by atoms with E-state index >= 15 is 0 Å². The molecule has 5 heteroatoms. The molecule has 3 aromatic carbocycles. The lowest BCUT2D eigenvalue weighted by atomic mass is 10.0. The summed E-state index contributed by atoms with van der Waals surface area (Å²) in [5.74, 6) is 0.583. The molecule has 1 amide bonds. The third-order valence-electron chi connectivity index (χ3n) is 5.58. The molecule has 4 aromatic rings. The van der Waals surface area contributed by atoms with Gasteiger partial charge in [-0.2, -0.15) is 0 Å². The van der Waals surface area contributed by atoms with E-state index in [2.05, 4.69) is 24.1 Å². The van der Waals surface area contributed by atoms with Gasteiger partial charge in [0.1, 0.15) is 5.75 Å². The summed E-state index contributed by atoms with van der Waals surface area (Å²) in [6.45, 7) is 6.15. The number of nitrogens with one attached hydrogen (secondary N) is 1. The van der Waals surface area contributed by atoms with Crippen LogP contribution in [0.15, 0.2) is 78.9 Å². The highest BCUT2D eigenvalue weighted by Crippen LogP contribution is 2.28. The monoisotopic (exact) mass is 425 g/mol. The van der Waals surface area contributed by atoms with Crippen molar-refractivity contribution in [1.29, 1.82) is 0 Å². The molecular weight excluding hydrogens is 398 g/mol. The van der Waals surface area contributed by atoms with Crippen LogP contribution in [-0.2, 0) is 0 Å². The number of carbonyl (C=O) groups is 1. The van der Waals surface area contributed by atoms with Gasteiger partial charge < -0.3 is 15.0 Å². The number of hydrogen-bond acceptors (Lipinski definition) is 4. The van der Waals surface area contributed by atoms with Crippen LogP contribution in [0.5, 0.6) is 5.75 Å². The number of carbonyl (C=O) groups excluding carboxylic acids is 1. The van der Waals surface area contributed by atoms with E-state index in [1.165, 1.54) is 0 Å². The molecule has 0 spiro atoms. The van der Waals surface area contributed by atoms with Crippen molar-refractivity contribution in [3.63, 3.8) is 0 Å². The number of methoxy groups -OCH3 is 1. The predicted molar refractivity (Wildman–Crippen MR) is 132 cm³/mol. The van der Waals surface area contributed by atoms with Crippen LogP contribution in [0.1, 0.15) is 24.2 Å². The molecule has 0 bridgehead atoms. The average molecular weight is 426 g/mol. The molecule has 1 N–H and O–H groups in total.